The van der Waals surface area contributed by atoms with Gasteiger partial charge in [0.2, 0.25) is 5.95 Å². The molecular formula is C11H18N4. The zero-order valence-corrected chi connectivity index (χ0v) is 9.38. The summed E-state index contributed by atoms with van der Waals surface area (Å²) in [4.78, 5) is 8.60. The fourth-order valence-electron chi connectivity index (χ4n) is 1.72. The molecule has 1 aromatic heterocycles. The summed E-state index contributed by atoms with van der Waals surface area (Å²) in [6.07, 6.45) is 4.10. The van der Waals surface area contributed by atoms with Crippen molar-refractivity contribution in [3.63, 3.8) is 0 Å². The maximum atomic E-state index is 4.35. The minimum absolute atomic E-state index is 0.686. The van der Waals surface area contributed by atoms with Gasteiger partial charge in [-0.2, -0.15) is 4.98 Å². The van der Waals surface area contributed by atoms with Gasteiger partial charge >= 0.3 is 0 Å². The van der Waals surface area contributed by atoms with Gasteiger partial charge in [-0.3, -0.25) is 0 Å². The van der Waals surface area contributed by atoms with Crippen LogP contribution < -0.4 is 10.6 Å². The maximum Gasteiger partial charge on any atom is 0.224 e. The Bertz CT molecular complexity index is 333. The largest absolute Gasteiger partial charge is 0.370 e. The number of anilines is 2. The van der Waals surface area contributed by atoms with Crippen LogP contribution >= 0.6 is 0 Å². The maximum absolute atomic E-state index is 4.35. The molecule has 0 atom stereocenters. The van der Waals surface area contributed by atoms with Crippen LogP contribution in [0.5, 0.6) is 0 Å². The van der Waals surface area contributed by atoms with Crippen LogP contribution in [0.4, 0.5) is 11.8 Å². The molecule has 1 heterocycles. The first-order chi connectivity index (χ1) is 7.28. The van der Waals surface area contributed by atoms with Crippen LogP contribution in [0.1, 0.15) is 25.0 Å². The summed E-state index contributed by atoms with van der Waals surface area (Å²) in [5.41, 5.74) is 0.991. The average molecular weight is 206 g/mol. The van der Waals surface area contributed by atoms with Gasteiger partial charge in [-0.05, 0) is 25.7 Å². The first-order valence-electron chi connectivity index (χ1n) is 5.55. The van der Waals surface area contributed by atoms with Crippen LogP contribution in [0, 0.1) is 12.8 Å². The molecule has 0 saturated heterocycles. The highest BCUT2D eigenvalue weighted by molar-refractivity contribution is 5.41. The van der Waals surface area contributed by atoms with E-state index in [1.807, 2.05) is 20.0 Å². The third-order valence-electron chi connectivity index (χ3n) is 2.87. The molecule has 1 aliphatic rings. The zero-order chi connectivity index (χ0) is 10.7. The molecule has 82 valence electrons. The lowest BCUT2D eigenvalue weighted by Crippen LogP contribution is -2.21. The first-order valence-corrected chi connectivity index (χ1v) is 5.55. The molecule has 0 aliphatic heterocycles. The van der Waals surface area contributed by atoms with Gasteiger partial charge in [0, 0.05) is 25.4 Å². The van der Waals surface area contributed by atoms with Gasteiger partial charge in [0.15, 0.2) is 0 Å². The Morgan fingerprint density at radius 2 is 2.20 bits per heavy atom. The van der Waals surface area contributed by atoms with E-state index in [0.717, 1.165) is 24.0 Å². The first kappa shape index (κ1) is 10.2. The molecular weight excluding hydrogens is 188 g/mol. The predicted octanol–water partition coefficient (Wildman–Crippen LogP) is 2.04. The molecule has 0 radical (unpaired) electrons. The van der Waals surface area contributed by atoms with Gasteiger partial charge < -0.3 is 10.6 Å². The highest BCUT2D eigenvalue weighted by Crippen LogP contribution is 2.26. The quantitative estimate of drug-likeness (QED) is 0.791. The van der Waals surface area contributed by atoms with Gasteiger partial charge in [-0.1, -0.05) is 6.42 Å². The molecule has 4 heteroatoms. The van der Waals surface area contributed by atoms with Crippen LogP contribution in [-0.2, 0) is 0 Å². The van der Waals surface area contributed by atoms with Crippen molar-refractivity contribution < 1.29 is 0 Å². The summed E-state index contributed by atoms with van der Waals surface area (Å²) in [5.74, 6) is 2.46. The molecule has 2 rings (SSSR count). The van der Waals surface area contributed by atoms with Crippen molar-refractivity contribution in [3.05, 3.63) is 11.8 Å². The molecule has 0 bridgehead atoms. The lowest BCUT2D eigenvalue weighted by atomic mass is 9.85. The number of nitrogens with one attached hydrogen (secondary N) is 2. The molecule has 1 fully saturated rings. The minimum atomic E-state index is 0.686. The highest BCUT2D eigenvalue weighted by atomic mass is 15.1. The molecule has 15 heavy (non-hydrogen) atoms. The highest BCUT2D eigenvalue weighted by Gasteiger charge is 2.16. The normalized spacial score (nSPS) is 15.9. The predicted molar refractivity (Wildman–Crippen MR) is 62.1 cm³/mol. The van der Waals surface area contributed by atoms with E-state index >= 15 is 0 Å². The van der Waals surface area contributed by atoms with E-state index in [1.165, 1.54) is 19.3 Å². The molecule has 1 aromatic rings. The Kier molecular flexibility index (Phi) is 3.04. The van der Waals surface area contributed by atoms with Gasteiger partial charge in [-0.25, -0.2) is 4.98 Å². The van der Waals surface area contributed by atoms with Crippen molar-refractivity contribution in [3.8, 4) is 0 Å². The second-order valence-electron chi connectivity index (χ2n) is 4.15. The zero-order valence-electron chi connectivity index (χ0n) is 9.38. The van der Waals surface area contributed by atoms with Crippen molar-refractivity contribution in [2.75, 3.05) is 24.2 Å². The number of hydrogen-bond donors (Lipinski definition) is 2. The van der Waals surface area contributed by atoms with Crippen LogP contribution in [0.25, 0.3) is 0 Å². The number of aromatic nitrogens is 2. The van der Waals surface area contributed by atoms with Crippen LogP contribution in [0.3, 0.4) is 0 Å². The van der Waals surface area contributed by atoms with Crippen LogP contribution in [-0.4, -0.2) is 23.6 Å². The smallest absolute Gasteiger partial charge is 0.224 e. The molecule has 1 aliphatic carbocycles. The average Bonchev–Trinajstić information content (AvgIpc) is 2.14. The summed E-state index contributed by atoms with van der Waals surface area (Å²) in [6, 6.07) is 1.99. The van der Waals surface area contributed by atoms with Crippen molar-refractivity contribution in [2.45, 2.75) is 26.2 Å². The lowest BCUT2D eigenvalue weighted by molar-refractivity contribution is 0.333. The van der Waals surface area contributed by atoms with E-state index in [4.69, 9.17) is 0 Å². The van der Waals surface area contributed by atoms with Crippen molar-refractivity contribution in [1.29, 1.82) is 0 Å². The Morgan fingerprint density at radius 3 is 2.80 bits per heavy atom. The second kappa shape index (κ2) is 4.47. The minimum Gasteiger partial charge on any atom is -0.370 e. The fraction of sp³-hybridized carbons (Fsp3) is 0.636. The van der Waals surface area contributed by atoms with Crippen molar-refractivity contribution >= 4 is 11.8 Å². The topological polar surface area (TPSA) is 49.8 Å². The third-order valence-corrected chi connectivity index (χ3v) is 2.87. The second-order valence-corrected chi connectivity index (χ2v) is 4.15. The van der Waals surface area contributed by atoms with Gasteiger partial charge in [0.25, 0.3) is 0 Å². The molecule has 0 unspecified atom stereocenters. The molecule has 2 N–H and O–H groups in total. The van der Waals surface area contributed by atoms with Crippen molar-refractivity contribution in [1.82, 2.24) is 9.97 Å². The number of aryl methyl sites for hydroxylation is 1. The van der Waals surface area contributed by atoms with E-state index < -0.39 is 0 Å². The Morgan fingerprint density at radius 1 is 1.40 bits per heavy atom. The Hall–Kier alpha value is -1.32. The molecule has 0 amide bonds. The number of rotatable bonds is 4. The summed E-state index contributed by atoms with van der Waals surface area (Å²) in [5, 5.41) is 6.33. The molecule has 1 saturated carbocycles. The number of hydrogen-bond acceptors (Lipinski definition) is 4. The van der Waals surface area contributed by atoms with E-state index in [1.54, 1.807) is 0 Å². The fourth-order valence-corrected chi connectivity index (χ4v) is 1.72. The van der Waals surface area contributed by atoms with E-state index in [9.17, 15) is 0 Å². The van der Waals surface area contributed by atoms with Crippen LogP contribution in [0.2, 0.25) is 0 Å². The summed E-state index contributed by atoms with van der Waals surface area (Å²) < 4.78 is 0. The molecule has 4 nitrogen and oxygen atoms in total. The van der Waals surface area contributed by atoms with E-state index in [-0.39, 0.29) is 0 Å². The standard InChI is InChI=1S/C11H18N4/c1-8-6-10(15-11(12-2)14-8)13-7-9-4-3-5-9/h6,9H,3-5,7H2,1-2H3,(H2,12,13,14,15). The van der Waals surface area contributed by atoms with Gasteiger partial charge in [0.05, 0.1) is 0 Å². The summed E-state index contributed by atoms with van der Waals surface area (Å²) in [7, 11) is 1.84. The monoisotopic (exact) mass is 206 g/mol. The SMILES string of the molecule is CNc1nc(C)cc(NCC2CCC2)n1. The van der Waals surface area contributed by atoms with E-state index in [2.05, 4.69) is 20.6 Å². The van der Waals surface area contributed by atoms with Crippen molar-refractivity contribution in [2.24, 2.45) is 5.92 Å². The Balaban J connectivity index is 1.96. The van der Waals surface area contributed by atoms with Gasteiger partial charge in [0.1, 0.15) is 5.82 Å². The molecule has 0 aromatic carbocycles. The third kappa shape index (κ3) is 2.58. The van der Waals surface area contributed by atoms with E-state index in [0.29, 0.717) is 5.95 Å². The summed E-state index contributed by atoms with van der Waals surface area (Å²) in [6.45, 7) is 3.02. The summed E-state index contributed by atoms with van der Waals surface area (Å²) >= 11 is 0. The van der Waals surface area contributed by atoms with Crippen LogP contribution in [0.15, 0.2) is 6.07 Å². The Labute approximate surface area is 90.5 Å². The number of nitrogens with zero attached hydrogens (tertiary/aromatic N) is 2. The lowest BCUT2D eigenvalue weighted by Gasteiger charge is -2.25. The van der Waals surface area contributed by atoms with Gasteiger partial charge in [-0.15, -0.1) is 0 Å². The molecule has 0 spiro atoms.